The van der Waals surface area contributed by atoms with E-state index < -0.39 is 0 Å². The lowest BCUT2D eigenvalue weighted by Crippen LogP contribution is -2.51. The van der Waals surface area contributed by atoms with E-state index in [0.29, 0.717) is 0 Å². The molecule has 2 rings (SSSR count). The molecule has 1 aliphatic heterocycles. The molecule has 1 amide bonds. The van der Waals surface area contributed by atoms with Crippen LogP contribution in [0.1, 0.15) is 47.1 Å². The van der Waals surface area contributed by atoms with E-state index in [2.05, 4.69) is 49.9 Å². The van der Waals surface area contributed by atoms with Crippen LogP contribution in [0.2, 0.25) is 0 Å². The lowest BCUT2D eigenvalue weighted by atomic mass is 9.87. The Morgan fingerprint density at radius 1 is 0.864 bits per heavy atom. The molecule has 1 saturated heterocycles. The largest absolute Gasteiger partial charge is 0.368 e. The van der Waals surface area contributed by atoms with Gasteiger partial charge in [-0.3, -0.25) is 4.79 Å². The molecule has 0 atom stereocenters. The van der Waals surface area contributed by atoms with Crippen LogP contribution in [0.4, 0.5) is 5.69 Å². The average molecular weight is 302 g/mol. The number of nitrogens with zero attached hydrogens (tertiary/aromatic N) is 2. The predicted molar refractivity (Wildman–Crippen MR) is 93.4 cm³/mol. The van der Waals surface area contributed by atoms with E-state index in [1.807, 2.05) is 25.7 Å². The van der Waals surface area contributed by atoms with Gasteiger partial charge in [-0.15, -0.1) is 0 Å². The minimum absolute atomic E-state index is 0.191. The molecule has 0 N–H and O–H groups in total. The molecule has 0 radical (unpaired) electrons. The number of rotatable bonds is 1. The standard InChI is InChI=1S/C19H30N2O/c1-18(2,3)15-7-9-16(10-8-15)20-11-13-21(14-12-20)17(22)19(4,5)6/h7-10H,11-14H2,1-6H3. The number of anilines is 1. The van der Waals surface area contributed by atoms with Gasteiger partial charge in [0, 0.05) is 37.3 Å². The summed E-state index contributed by atoms with van der Waals surface area (Å²) in [5, 5.41) is 0. The third-order valence-electron chi connectivity index (χ3n) is 4.31. The highest BCUT2D eigenvalue weighted by atomic mass is 16.2. The molecule has 122 valence electrons. The van der Waals surface area contributed by atoms with Crippen LogP contribution in [0, 0.1) is 5.41 Å². The molecule has 1 aliphatic rings. The van der Waals surface area contributed by atoms with Gasteiger partial charge >= 0.3 is 0 Å². The van der Waals surface area contributed by atoms with E-state index in [9.17, 15) is 4.79 Å². The number of amides is 1. The molecular weight excluding hydrogens is 272 g/mol. The maximum atomic E-state index is 12.3. The summed E-state index contributed by atoms with van der Waals surface area (Å²) < 4.78 is 0. The van der Waals surface area contributed by atoms with E-state index in [4.69, 9.17) is 0 Å². The zero-order valence-electron chi connectivity index (χ0n) is 14.9. The Bertz CT molecular complexity index is 512. The van der Waals surface area contributed by atoms with Crippen LogP contribution in [0.5, 0.6) is 0 Å². The van der Waals surface area contributed by atoms with Crippen molar-refractivity contribution in [2.24, 2.45) is 5.41 Å². The lowest BCUT2D eigenvalue weighted by molar-refractivity contribution is -0.139. The van der Waals surface area contributed by atoms with Crippen LogP contribution in [0.15, 0.2) is 24.3 Å². The van der Waals surface area contributed by atoms with Gasteiger partial charge in [-0.25, -0.2) is 0 Å². The first kappa shape index (κ1) is 16.9. The molecule has 0 saturated carbocycles. The van der Waals surface area contributed by atoms with Gasteiger partial charge in [0.05, 0.1) is 0 Å². The number of piperazine rings is 1. The van der Waals surface area contributed by atoms with Gasteiger partial charge < -0.3 is 9.80 Å². The van der Waals surface area contributed by atoms with Crippen LogP contribution in [-0.4, -0.2) is 37.0 Å². The summed E-state index contributed by atoms with van der Waals surface area (Å²) in [4.78, 5) is 16.7. The second-order valence-electron chi connectivity index (χ2n) is 8.33. The fourth-order valence-corrected chi connectivity index (χ4v) is 2.81. The number of hydrogen-bond acceptors (Lipinski definition) is 2. The second kappa shape index (κ2) is 5.94. The Balaban J connectivity index is 1.99. The monoisotopic (exact) mass is 302 g/mol. The van der Waals surface area contributed by atoms with E-state index in [1.165, 1.54) is 11.3 Å². The Hall–Kier alpha value is -1.51. The fourth-order valence-electron chi connectivity index (χ4n) is 2.81. The Kier molecular flexibility index (Phi) is 4.55. The van der Waals surface area contributed by atoms with Crippen LogP contribution >= 0.6 is 0 Å². The van der Waals surface area contributed by atoms with Crippen molar-refractivity contribution in [3.05, 3.63) is 29.8 Å². The minimum atomic E-state index is -0.281. The molecule has 3 heteroatoms. The van der Waals surface area contributed by atoms with Crippen molar-refractivity contribution in [3.63, 3.8) is 0 Å². The molecule has 1 heterocycles. The summed E-state index contributed by atoms with van der Waals surface area (Å²) in [6.45, 7) is 16.1. The van der Waals surface area contributed by atoms with E-state index in [-0.39, 0.29) is 16.7 Å². The maximum absolute atomic E-state index is 12.3. The second-order valence-corrected chi connectivity index (χ2v) is 8.33. The van der Waals surface area contributed by atoms with Crippen molar-refractivity contribution >= 4 is 11.6 Å². The van der Waals surface area contributed by atoms with E-state index in [0.717, 1.165) is 26.2 Å². The topological polar surface area (TPSA) is 23.6 Å². The van der Waals surface area contributed by atoms with Crippen LogP contribution in [0.3, 0.4) is 0 Å². The van der Waals surface area contributed by atoms with Gasteiger partial charge in [-0.05, 0) is 23.1 Å². The first-order valence-electron chi connectivity index (χ1n) is 8.24. The molecule has 0 unspecified atom stereocenters. The molecule has 22 heavy (non-hydrogen) atoms. The normalized spacial score (nSPS) is 16.8. The SMILES string of the molecule is CC(C)(C)C(=O)N1CCN(c2ccc(C(C)(C)C)cc2)CC1. The summed E-state index contributed by atoms with van der Waals surface area (Å²) in [5.41, 5.74) is 2.53. The Morgan fingerprint density at radius 2 is 1.36 bits per heavy atom. The van der Waals surface area contributed by atoms with Crippen molar-refractivity contribution in [2.75, 3.05) is 31.1 Å². The van der Waals surface area contributed by atoms with Crippen molar-refractivity contribution in [3.8, 4) is 0 Å². The number of carbonyl (C=O) groups excluding carboxylic acids is 1. The summed E-state index contributed by atoms with van der Waals surface area (Å²) >= 11 is 0. The molecule has 1 aromatic rings. The molecule has 3 nitrogen and oxygen atoms in total. The minimum Gasteiger partial charge on any atom is -0.368 e. The van der Waals surface area contributed by atoms with Gasteiger partial charge in [0.1, 0.15) is 0 Å². The first-order valence-corrected chi connectivity index (χ1v) is 8.24. The number of hydrogen-bond donors (Lipinski definition) is 0. The Morgan fingerprint density at radius 3 is 1.77 bits per heavy atom. The first-order chi connectivity index (χ1) is 10.1. The highest BCUT2D eigenvalue weighted by Crippen LogP contribution is 2.26. The van der Waals surface area contributed by atoms with Gasteiger partial charge in [0.2, 0.25) is 5.91 Å². The van der Waals surface area contributed by atoms with Crippen molar-refractivity contribution in [1.29, 1.82) is 0 Å². The van der Waals surface area contributed by atoms with Gasteiger partial charge in [0.15, 0.2) is 0 Å². The van der Waals surface area contributed by atoms with Crippen molar-refractivity contribution in [2.45, 2.75) is 47.0 Å². The van der Waals surface area contributed by atoms with E-state index >= 15 is 0 Å². The third-order valence-corrected chi connectivity index (χ3v) is 4.31. The molecule has 1 aromatic carbocycles. The zero-order chi connectivity index (χ0) is 16.5. The molecule has 0 aromatic heterocycles. The highest BCUT2D eigenvalue weighted by Gasteiger charge is 2.29. The maximum Gasteiger partial charge on any atom is 0.228 e. The van der Waals surface area contributed by atoms with E-state index in [1.54, 1.807) is 0 Å². The summed E-state index contributed by atoms with van der Waals surface area (Å²) in [5.74, 6) is 0.259. The Labute approximate surface area is 135 Å². The third kappa shape index (κ3) is 3.82. The average Bonchev–Trinajstić information content (AvgIpc) is 2.45. The van der Waals surface area contributed by atoms with Crippen molar-refractivity contribution in [1.82, 2.24) is 4.90 Å². The predicted octanol–water partition coefficient (Wildman–Crippen LogP) is 3.68. The summed E-state index contributed by atoms with van der Waals surface area (Å²) in [6, 6.07) is 8.87. The van der Waals surface area contributed by atoms with Gasteiger partial charge in [-0.2, -0.15) is 0 Å². The van der Waals surface area contributed by atoms with Crippen LogP contribution < -0.4 is 4.90 Å². The molecule has 0 aliphatic carbocycles. The highest BCUT2D eigenvalue weighted by molar-refractivity contribution is 5.81. The lowest BCUT2D eigenvalue weighted by Gasteiger charge is -2.38. The van der Waals surface area contributed by atoms with Crippen LogP contribution in [-0.2, 0) is 10.2 Å². The molecule has 0 spiro atoms. The zero-order valence-corrected chi connectivity index (χ0v) is 14.9. The van der Waals surface area contributed by atoms with Crippen LogP contribution in [0.25, 0.3) is 0 Å². The van der Waals surface area contributed by atoms with Crippen molar-refractivity contribution < 1.29 is 4.79 Å². The smallest absolute Gasteiger partial charge is 0.228 e. The van der Waals surface area contributed by atoms with Gasteiger partial charge in [-0.1, -0.05) is 53.7 Å². The van der Waals surface area contributed by atoms with Gasteiger partial charge in [0.25, 0.3) is 0 Å². The fraction of sp³-hybridized carbons (Fsp3) is 0.632. The molecule has 1 fully saturated rings. The number of benzene rings is 1. The number of carbonyl (C=O) groups is 1. The molecular formula is C19H30N2O. The summed E-state index contributed by atoms with van der Waals surface area (Å²) in [6.07, 6.45) is 0. The summed E-state index contributed by atoms with van der Waals surface area (Å²) in [7, 11) is 0. The quantitative estimate of drug-likeness (QED) is 0.790. The molecule has 0 bridgehead atoms.